The van der Waals surface area contributed by atoms with Crippen molar-refractivity contribution in [2.24, 2.45) is 0 Å². The van der Waals surface area contributed by atoms with Crippen LogP contribution in [0, 0.1) is 12.7 Å². The minimum Gasteiger partial charge on any atom is -0.322 e. The Hall–Kier alpha value is -2.63. The minimum atomic E-state index is -0.570. The Morgan fingerprint density at radius 2 is 1.78 bits per heavy atom. The van der Waals surface area contributed by atoms with Crippen LogP contribution in [0.1, 0.15) is 21.5 Å². The maximum Gasteiger partial charge on any atom is 0.263 e. The lowest BCUT2D eigenvalue weighted by molar-refractivity contribution is 0.102. The van der Waals surface area contributed by atoms with Gasteiger partial charge in [-0.25, -0.2) is 4.39 Å². The zero-order valence-corrected chi connectivity index (χ0v) is 15.8. The first-order chi connectivity index (χ1) is 12.9. The molecule has 0 saturated heterocycles. The molecular weight excluding hydrogens is 390 g/mol. The van der Waals surface area contributed by atoms with Crippen molar-refractivity contribution in [2.45, 2.75) is 13.5 Å². The van der Waals surface area contributed by atoms with Gasteiger partial charge in [-0.3, -0.25) is 9.59 Å². The van der Waals surface area contributed by atoms with Crippen molar-refractivity contribution in [3.8, 4) is 0 Å². The molecule has 4 nitrogen and oxygen atoms in total. The molecule has 0 aliphatic heterocycles. The van der Waals surface area contributed by atoms with Gasteiger partial charge in [0.2, 0.25) is 0 Å². The van der Waals surface area contributed by atoms with Crippen LogP contribution in [0.4, 0.5) is 10.1 Å². The standard InChI is InChI=1S/C20H15Cl2FN2O2/c1-12-15(21)6-3-9-18(12)24-19(26)13-5-4-10-25(20(13)27)11-14-16(22)7-2-8-17(14)23/h2-10H,11H2,1H3,(H,24,26). The number of carbonyl (C=O) groups excluding carboxylic acids is 1. The molecule has 1 heterocycles. The number of nitrogens with zero attached hydrogens (tertiary/aromatic N) is 1. The molecule has 0 radical (unpaired) electrons. The van der Waals surface area contributed by atoms with Crippen molar-refractivity contribution in [3.63, 3.8) is 0 Å². The summed E-state index contributed by atoms with van der Waals surface area (Å²) in [5, 5.41) is 3.41. The number of benzene rings is 2. The van der Waals surface area contributed by atoms with E-state index < -0.39 is 17.3 Å². The van der Waals surface area contributed by atoms with E-state index in [0.717, 1.165) is 0 Å². The van der Waals surface area contributed by atoms with E-state index in [2.05, 4.69) is 5.32 Å². The van der Waals surface area contributed by atoms with Crippen LogP contribution in [0.5, 0.6) is 0 Å². The molecule has 0 saturated carbocycles. The van der Waals surface area contributed by atoms with Crippen LogP contribution in [0.3, 0.4) is 0 Å². The Labute approximate surface area is 165 Å². The topological polar surface area (TPSA) is 51.1 Å². The average molecular weight is 405 g/mol. The molecule has 0 atom stereocenters. The summed E-state index contributed by atoms with van der Waals surface area (Å²) in [6.07, 6.45) is 1.48. The quantitative estimate of drug-likeness (QED) is 0.671. The fourth-order valence-corrected chi connectivity index (χ4v) is 3.02. The zero-order chi connectivity index (χ0) is 19.6. The van der Waals surface area contributed by atoms with Crippen LogP contribution in [-0.2, 0) is 6.54 Å². The molecule has 1 amide bonds. The van der Waals surface area contributed by atoms with E-state index in [9.17, 15) is 14.0 Å². The highest BCUT2D eigenvalue weighted by Crippen LogP contribution is 2.23. The number of nitrogens with one attached hydrogen (secondary N) is 1. The Bertz CT molecular complexity index is 1060. The van der Waals surface area contributed by atoms with E-state index in [1.807, 2.05) is 0 Å². The van der Waals surface area contributed by atoms with Crippen LogP contribution in [0.25, 0.3) is 0 Å². The fraction of sp³-hybridized carbons (Fsp3) is 0.100. The molecule has 1 N–H and O–H groups in total. The summed E-state index contributed by atoms with van der Waals surface area (Å²) < 4.78 is 15.2. The molecule has 0 spiro atoms. The number of pyridine rings is 1. The summed E-state index contributed by atoms with van der Waals surface area (Å²) in [5.74, 6) is -1.09. The van der Waals surface area contributed by atoms with Gasteiger partial charge in [-0.15, -0.1) is 0 Å². The van der Waals surface area contributed by atoms with E-state index in [1.54, 1.807) is 37.3 Å². The Morgan fingerprint density at radius 1 is 1.07 bits per heavy atom. The third kappa shape index (κ3) is 4.04. The molecule has 0 bridgehead atoms. The maximum atomic E-state index is 14.0. The van der Waals surface area contributed by atoms with Gasteiger partial charge in [0.05, 0.1) is 6.54 Å². The van der Waals surface area contributed by atoms with Crippen molar-refractivity contribution < 1.29 is 9.18 Å². The second-order valence-electron chi connectivity index (χ2n) is 5.92. The molecule has 0 fully saturated rings. The van der Waals surface area contributed by atoms with Gasteiger partial charge in [-0.2, -0.15) is 0 Å². The van der Waals surface area contributed by atoms with Gasteiger partial charge >= 0.3 is 0 Å². The van der Waals surface area contributed by atoms with E-state index in [1.165, 1.54) is 29.0 Å². The van der Waals surface area contributed by atoms with Gasteiger partial charge in [-0.05, 0) is 48.9 Å². The number of aromatic nitrogens is 1. The number of anilines is 1. The van der Waals surface area contributed by atoms with E-state index in [-0.39, 0.29) is 22.7 Å². The first-order valence-electron chi connectivity index (χ1n) is 8.07. The Morgan fingerprint density at radius 3 is 2.52 bits per heavy atom. The van der Waals surface area contributed by atoms with Gasteiger partial charge in [0.15, 0.2) is 0 Å². The predicted molar refractivity (Wildman–Crippen MR) is 105 cm³/mol. The molecule has 3 rings (SSSR count). The number of hydrogen-bond acceptors (Lipinski definition) is 2. The average Bonchev–Trinajstić information content (AvgIpc) is 2.63. The van der Waals surface area contributed by atoms with Crippen molar-refractivity contribution >= 4 is 34.8 Å². The maximum absolute atomic E-state index is 14.0. The first-order valence-corrected chi connectivity index (χ1v) is 8.83. The van der Waals surface area contributed by atoms with Crippen molar-refractivity contribution in [1.29, 1.82) is 0 Å². The highest BCUT2D eigenvalue weighted by molar-refractivity contribution is 6.32. The number of halogens is 3. The number of hydrogen-bond donors (Lipinski definition) is 1. The van der Waals surface area contributed by atoms with Crippen LogP contribution in [0.15, 0.2) is 59.5 Å². The normalized spacial score (nSPS) is 10.7. The predicted octanol–water partition coefficient (Wildman–Crippen LogP) is 4.90. The second-order valence-corrected chi connectivity index (χ2v) is 6.74. The molecule has 0 unspecified atom stereocenters. The van der Waals surface area contributed by atoms with Crippen molar-refractivity contribution in [1.82, 2.24) is 4.57 Å². The summed E-state index contributed by atoms with van der Waals surface area (Å²) >= 11 is 12.1. The zero-order valence-electron chi connectivity index (χ0n) is 14.3. The molecule has 1 aromatic heterocycles. The first kappa shape index (κ1) is 19.1. The van der Waals surface area contributed by atoms with Crippen molar-refractivity contribution in [3.05, 3.63) is 97.6 Å². The SMILES string of the molecule is Cc1c(Cl)cccc1NC(=O)c1cccn(Cc2c(F)cccc2Cl)c1=O. The second kappa shape index (κ2) is 7.94. The summed E-state index contributed by atoms with van der Waals surface area (Å²) in [6.45, 7) is 1.68. The van der Waals surface area contributed by atoms with Crippen LogP contribution in [-0.4, -0.2) is 10.5 Å². The van der Waals surface area contributed by atoms with Gasteiger partial charge < -0.3 is 9.88 Å². The molecule has 0 aliphatic carbocycles. The van der Waals surface area contributed by atoms with Gasteiger partial charge in [-0.1, -0.05) is 35.3 Å². The van der Waals surface area contributed by atoms with E-state index >= 15 is 0 Å². The molecule has 0 aliphatic rings. The number of rotatable bonds is 4. The largest absolute Gasteiger partial charge is 0.322 e. The monoisotopic (exact) mass is 404 g/mol. The fourth-order valence-electron chi connectivity index (χ4n) is 2.62. The number of carbonyl (C=O) groups is 1. The lowest BCUT2D eigenvalue weighted by Gasteiger charge is -2.12. The lowest BCUT2D eigenvalue weighted by atomic mass is 10.1. The van der Waals surface area contributed by atoms with E-state index in [0.29, 0.717) is 16.3 Å². The third-order valence-corrected chi connectivity index (χ3v) is 4.93. The molecular formula is C20H15Cl2FN2O2. The minimum absolute atomic E-state index is 0.0654. The van der Waals surface area contributed by atoms with Crippen LogP contribution in [0.2, 0.25) is 10.0 Å². The highest BCUT2D eigenvalue weighted by Gasteiger charge is 2.15. The Balaban J connectivity index is 1.92. The van der Waals surface area contributed by atoms with Crippen LogP contribution < -0.4 is 10.9 Å². The molecule has 3 aromatic rings. The van der Waals surface area contributed by atoms with Crippen molar-refractivity contribution in [2.75, 3.05) is 5.32 Å². The summed E-state index contributed by atoms with van der Waals surface area (Å²) in [5.41, 5.74) is 0.782. The van der Waals surface area contributed by atoms with Gasteiger partial charge in [0.25, 0.3) is 11.5 Å². The highest BCUT2D eigenvalue weighted by atomic mass is 35.5. The summed E-state index contributed by atoms with van der Waals surface area (Å²) in [4.78, 5) is 25.3. The lowest BCUT2D eigenvalue weighted by Crippen LogP contribution is -2.29. The number of amides is 1. The molecule has 7 heteroatoms. The molecule has 27 heavy (non-hydrogen) atoms. The molecule has 2 aromatic carbocycles. The summed E-state index contributed by atoms with van der Waals surface area (Å²) in [7, 11) is 0. The Kier molecular flexibility index (Phi) is 5.63. The van der Waals surface area contributed by atoms with Gasteiger partial charge in [0.1, 0.15) is 11.4 Å². The van der Waals surface area contributed by atoms with Gasteiger partial charge in [0, 0.05) is 27.5 Å². The molecule has 138 valence electrons. The smallest absolute Gasteiger partial charge is 0.263 e. The summed E-state index contributed by atoms with van der Waals surface area (Å²) in [6, 6.07) is 12.4. The van der Waals surface area contributed by atoms with Crippen LogP contribution >= 0.6 is 23.2 Å². The third-order valence-electron chi connectivity index (χ3n) is 4.17. The van der Waals surface area contributed by atoms with E-state index in [4.69, 9.17) is 23.2 Å².